The Morgan fingerprint density at radius 1 is 1.22 bits per heavy atom. The van der Waals surface area contributed by atoms with Gasteiger partial charge in [0.25, 0.3) is 0 Å². The summed E-state index contributed by atoms with van der Waals surface area (Å²) in [5, 5.41) is 0. The van der Waals surface area contributed by atoms with Crippen molar-refractivity contribution in [3.63, 3.8) is 0 Å². The standard InChI is InChI=1S/C16H20N2O5/c1-12-15(20)17(10-14(19)22-2)8-9-18(12)16(21)23-11-13-6-4-3-5-7-13/h3-7,12H,8-11H2,1-2H3/t12-/m0/s1. The van der Waals surface area contributed by atoms with Crippen LogP contribution in [-0.2, 0) is 25.7 Å². The van der Waals surface area contributed by atoms with Crippen molar-refractivity contribution in [3.8, 4) is 0 Å². The second-order valence-corrected chi connectivity index (χ2v) is 5.25. The van der Waals surface area contributed by atoms with E-state index in [-0.39, 0.29) is 25.6 Å². The van der Waals surface area contributed by atoms with Gasteiger partial charge in [-0.3, -0.25) is 14.5 Å². The fourth-order valence-corrected chi connectivity index (χ4v) is 2.36. The summed E-state index contributed by atoms with van der Waals surface area (Å²) in [6, 6.07) is 8.65. The predicted octanol–water partition coefficient (Wildman–Crippen LogP) is 1.03. The van der Waals surface area contributed by atoms with E-state index in [2.05, 4.69) is 4.74 Å². The number of esters is 1. The average Bonchev–Trinajstić information content (AvgIpc) is 2.57. The Labute approximate surface area is 134 Å². The van der Waals surface area contributed by atoms with Crippen molar-refractivity contribution in [3.05, 3.63) is 35.9 Å². The molecule has 2 amide bonds. The van der Waals surface area contributed by atoms with Crippen LogP contribution in [-0.4, -0.2) is 60.6 Å². The highest BCUT2D eigenvalue weighted by atomic mass is 16.6. The van der Waals surface area contributed by atoms with Crippen LogP contribution in [0, 0.1) is 0 Å². The van der Waals surface area contributed by atoms with E-state index >= 15 is 0 Å². The fraction of sp³-hybridized carbons (Fsp3) is 0.438. The van der Waals surface area contributed by atoms with Crippen LogP contribution in [0.15, 0.2) is 30.3 Å². The largest absolute Gasteiger partial charge is 0.468 e. The molecule has 0 N–H and O–H groups in total. The van der Waals surface area contributed by atoms with Crippen molar-refractivity contribution in [1.29, 1.82) is 0 Å². The van der Waals surface area contributed by atoms with Crippen LogP contribution in [0.25, 0.3) is 0 Å². The molecular weight excluding hydrogens is 300 g/mol. The molecular formula is C16H20N2O5. The molecule has 0 unspecified atom stereocenters. The van der Waals surface area contributed by atoms with Crippen LogP contribution < -0.4 is 0 Å². The molecule has 1 fully saturated rings. The third kappa shape index (κ3) is 4.21. The maximum atomic E-state index is 12.2. The van der Waals surface area contributed by atoms with Gasteiger partial charge in [-0.1, -0.05) is 30.3 Å². The molecule has 0 bridgehead atoms. The Hall–Kier alpha value is -2.57. The van der Waals surface area contributed by atoms with E-state index in [1.54, 1.807) is 6.92 Å². The summed E-state index contributed by atoms with van der Waals surface area (Å²) < 4.78 is 9.81. The van der Waals surface area contributed by atoms with Gasteiger partial charge in [-0.15, -0.1) is 0 Å². The lowest BCUT2D eigenvalue weighted by Gasteiger charge is -2.37. The van der Waals surface area contributed by atoms with Crippen LogP contribution in [0.2, 0.25) is 0 Å². The molecule has 1 aliphatic heterocycles. The Kier molecular flexibility index (Phi) is 5.56. The van der Waals surface area contributed by atoms with Crippen LogP contribution in [0.3, 0.4) is 0 Å². The Morgan fingerprint density at radius 3 is 2.57 bits per heavy atom. The van der Waals surface area contributed by atoms with Crippen molar-refractivity contribution < 1.29 is 23.9 Å². The minimum atomic E-state index is -0.670. The van der Waals surface area contributed by atoms with Gasteiger partial charge in [-0.05, 0) is 12.5 Å². The van der Waals surface area contributed by atoms with Gasteiger partial charge in [-0.2, -0.15) is 0 Å². The van der Waals surface area contributed by atoms with E-state index in [0.717, 1.165) is 5.56 Å². The molecule has 1 aliphatic rings. The molecule has 23 heavy (non-hydrogen) atoms. The quantitative estimate of drug-likeness (QED) is 0.775. The molecule has 1 aromatic rings. The normalized spacial score (nSPS) is 17.8. The van der Waals surface area contributed by atoms with Gasteiger partial charge >= 0.3 is 12.1 Å². The van der Waals surface area contributed by atoms with Gasteiger partial charge in [0, 0.05) is 13.1 Å². The summed E-state index contributed by atoms with van der Waals surface area (Å²) in [4.78, 5) is 38.4. The zero-order chi connectivity index (χ0) is 16.8. The van der Waals surface area contributed by atoms with Crippen LogP contribution in [0.1, 0.15) is 12.5 Å². The second kappa shape index (κ2) is 7.62. The highest BCUT2D eigenvalue weighted by molar-refractivity contribution is 5.89. The van der Waals surface area contributed by atoms with E-state index < -0.39 is 18.1 Å². The summed E-state index contributed by atoms with van der Waals surface area (Å²) in [5.41, 5.74) is 0.879. The smallest absolute Gasteiger partial charge is 0.410 e. The number of hydrogen-bond donors (Lipinski definition) is 0. The summed E-state index contributed by atoms with van der Waals surface area (Å²) in [5.74, 6) is -0.774. The molecule has 0 radical (unpaired) electrons. The van der Waals surface area contributed by atoms with Crippen molar-refractivity contribution in [1.82, 2.24) is 9.80 Å². The minimum absolute atomic E-state index is 0.105. The van der Waals surface area contributed by atoms with E-state index in [1.165, 1.54) is 16.9 Å². The average molecular weight is 320 g/mol. The van der Waals surface area contributed by atoms with Gasteiger partial charge in [0.15, 0.2) is 0 Å². The number of carbonyl (C=O) groups excluding carboxylic acids is 3. The van der Waals surface area contributed by atoms with Crippen molar-refractivity contribution in [2.24, 2.45) is 0 Å². The third-order valence-electron chi connectivity index (χ3n) is 3.73. The zero-order valence-corrected chi connectivity index (χ0v) is 13.2. The molecule has 2 rings (SSSR count). The van der Waals surface area contributed by atoms with Crippen molar-refractivity contribution in [2.45, 2.75) is 19.6 Å². The predicted molar refractivity (Wildman–Crippen MR) is 81.4 cm³/mol. The number of ether oxygens (including phenoxy) is 2. The summed E-state index contributed by atoms with van der Waals surface area (Å²) in [7, 11) is 1.27. The first-order valence-corrected chi connectivity index (χ1v) is 7.36. The number of piperazine rings is 1. The van der Waals surface area contributed by atoms with E-state index in [0.29, 0.717) is 6.54 Å². The van der Waals surface area contributed by atoms with E-state index in [9.17, 15) is 14.4 Å². The molecule has 1 atom stereocenters. The lowest BCUT2D eigenvalue weighted by molar-refractivity contribution is -0.151. The third-order valence-corrected chi connectivity index (χ3v) is 3.73. The van der Waals surface area contributed by atoms with Crippen molar-refractivity contribution >= 4 is 18.0 Å². The Balaban J connectivity index is 1.90. The summed E-state index contributed by atoms with van der Waals surface area (Å²) >= 11 is 0. The van der Waals surface area contributed by atoms with E-state index in [4.69, 9.17) is 4.74 Å². The monoisotopic (exact) mass is 320 g/mol. The highest BCUT2D eigenvalue weighted by Crippen LogP contribution is 2.13. The minimum Gasteiger partial charge on any atom is -0.468 e. The number of benzene rings is 1. The molecule has 0 spiro atoms. The molecule has 7 nitrogen and oxygen atoms in total. The Morgan fingerprint density at radius 2 is 1.91 bits per heavy atom. The number of nitrogens with zero attached hydrogens (tertiary/aromatic N) is 2. The molecule has 1 aromatic carbocycles. The summed E-state index contributed by atoms with van der Waals surface area (Å²) in [6.45, 7) is 2.27. The van der Waals surface area contributed by atoms with E-state index in [1.807, 2.05) is 30.3 Å². The van der Waals surface area contributed by atoms with Crippen LogP contribution >= 0.6 is 0 Å². The number of hydrogen-bond acceptors (Lipinski definition) is 5. The molecule has 0 aliphatic carbocycles. The first kappa shape index (κ1) is 16.8. The molecule has 0 saturated carbocycles. The molecule has 7 heteroatoms. The topological polar surface area (TPSA) is 76.2 Å². The number of carbonyl (C=O) groups is 3. The number of methoxy groups -OCH3 is 1. The van der Waals surface area contributed by atoms with Gasteiger partial charge in [0.1, 0.15) is 19.2 Å². The SMILES string of the molecule is COC(=O)CN1CCN(C(=O)OCc2ccccc2)[C@@H](C)C1=O. The first-order valence-electron chi connectivity index (χ1n) is 7.36. The highest BCUT2D eigenvalue weighted by Gasteiger charge is 2.35. The Bertz CT molecular complexity index is 575. The zero-order valence-electron chi connectivity index (χ0n) is 13.2. The van der Waals surface area contributed by atoms with Gasteiger partial charge < -0.3 is 14.4 Å². The first-order chi connectivity index (χ1) is 11.0. The maximum Gasteiger partial charge on any atom is 0.410 e. The molecule has 0 aromatic heterocycles. The van der Waals surface area contributed by atoms with Crippen LogP contribution in [0.5, 0.6) is 0 Å². The number of amides is 2. The van der Waals surface area contributed by atoms with Crippen LogP contribution in [0.4, 0.5) is 4.79 Å². The van der Waals surface area contributed by atoms with Gasteiger partial charge in [0.2, 0.25) is 5.91 Å². The lowest BCUT2D eigenvalue weighted by atomic mass is 10.2. The lowest BCUT2D eigenvalue weighted by Crippen LogP contribution is -2.58. The van der Waals surface area contributed by atoms with Crippen molar-refractivity contribution in [2.75, 3.05) is 26.7 Å². The summed E-state index contributed by atoms with van der Waals surface area (Å²) in [6.07, 6.45) is -0.535. The fourth-order valence-electron chi connectivity index (χ4n) is 2.36. The molecule has 124 valence electrons. The van der Waals surface area contributed by atoms with Gasteiger partial charge in [-0.25, -0.2) is 4.79 Å². The second-order valence-electron chi connectivity index (χ2n) is 5.25. The molecule has 1 heterocycles. The van der Waals surface area contributed by atoms with Gasteiger partial charge in [0.05, 0.1) is 7.11 Å². The number of rotatable bonds is 4. The molecule has 1 saturated heterocycles. The maximum absolute atomic E-state index is 12.2.